The first-order chi connectivity index (χ1) is 7.99. The fourth-order valence-corrected chi connectivity index (χ4v) is 5.30. The van der Waals surface area contributed by atoms with Crippen molar-refractivity contribution >= 4 is 82.3 Å². The summed E-state index contributed by atoms with van der Waals surface area (Å²) in [7, 11) is 0. The van der Waals surface area contributed by atoms with Crippen LogP contribution in [0.4, 0.5) is 0 Å². The van der Waals surface area contributed by atoms with Crippen LogP contribution in [-0.2, 0) is 0 Å². The van der Waals surface area contributed by atoms with Gasteiger partial charge in [-0.25, -0.2) is 0 Å². The molecule has 0 aliphatic heterocycles. The molecule has 0 radical (unpaired) electrons. The SMILES string of the molecule is Clc1ccc(C(Cl)c2cc(Br)sc2Br)cc1Br. The van der Waals surface area contributed by atoms with Crippen LogP contribution in [0.15, 0.2) is 36.3 Å². The van der Waals surface area contributed by atoms with Gasteiger partial charge in [-0.2, -0.15) is 0 Å². The van der Waals surface area contributed by atoms with Crippen LogP contribution < -0.4 is 0 Å². The van der Waals surface area contributed by atoms with Crippen molar-refractivity contribution in [1.29, 1.82) is 0 Å². The lowest BCUT2D eigenvalue weighted by molar-refractivity contribution is 1.14. The van der Waals surface area contributed by atoms with Crippen molar-refractivity contribution in [1.82, 2.24) is 0 Å². The van der Waals surface area contributed by atoms with Gasteiger partial charge >= 0.3 is 0 Å². The Labute approximate surface area is 139 Å². The van der Waals surface area contributed by atoms with E-state index >= 15 is 0 Å². The third-order valence-electron chi connectivity index (χ3n) is 2.19. The Bertz CT molecular complexity index is 554. The van der Waals surface area contributed by atoms with Gasteiger partial charge in [-0.1, -0.05) is 17.7 Å². The van der Waals surface area contributed by atoms with Crippen LogP contribution in [0.5, 0.6) is 0 Å². The summed E-state index contributed by atoms with van der Waals surface area (Å²) in [6.45, 7) is 0. The van der Waals surface area contributed by atoms with Gasteiger partial charge in [0.25, 0.3) is 0 Å². The van der Waals surface area contributed by atoms with Gasteiger partial charge in [-0.05, 0) is 71.6 Å². The summed E-state index contributed by atoms with van der Waals surface area (Å²) in [5.74, 6) is 0. The van der Waals surface area contributed by atoms with E-state index in [1.165, 1.54) is 0 Å². The van der Waals surface area contributed by atoms with Gasteiger partial charge in [0.1, 0.15) is 0 Å². The maximum atomic E-state index is 6.47. The molecule has 0 aliphatic carbocycles. The van der Waals surface area contributed by atoms with Crippen molar-refractivity contribution in [2.45, 2.75) is 5.38 Å². The highest BCUT2D eigenvalue weighted by atomic mass is 79.9. The Kier molecular flexibility index (Phi) is 5.01. The Morgan fingerprint density at radius 3 is 2.35 bits per heavy atom. The van der Waals surface area contributed by atoms with E-state index in [1.807, 2.05) is 24.3 Å². The maximum Gasteiger partial charge on any atom is 0.0855 e. The number of hydrogen-bond acceptors (Lipinski definition) is 1. The first-order valence-electron chi connectivity index (χ1n) is 4.53. The number of hydrogen-bond donors (Lipinski definition) is 0. The lowest BCUT2D eigenvalue weighted by atomic mass is 10.1. The Hall–Kier alpha value is 0.940. The van der Waals surface area contributed by atoms with Gasteiger partial charge in [0.15, 0.2) is 0 Å². The normalized spacial score (nSPS) is 12.8. The minimum atomic E-state index is -0.194. The standard InChI is InChI=1S/C11H5Br3Cl2S/c12-7-3-5(1-2-8(7)15)10(16)6-4-9(13)17-11(6)14/h1-4,10H. The van der Waals surface area contributed by atoms with Crippen molar-refractivity contribution in [3.63, 3.8) is 0 Å². The molecule has 2 aromatic rings. The smallest absolute Gasteiger partial charge is 0.0855 e. The fourth-order valence-electron chi connectivity index (χ4n) is 1.38. The third-order valence-corrected chi connectivity index (χ3v) is 6.28. The molecule has 0 amide bonds. The van der Waals surface area contributed by atoms with Crippen molar-refractivity contribution in [2.75, 3.05) is 0 Å². The quantitative estimate of drug-likeness (QED) is 0.406. The summed E-state index contributed by atoms with van der Waals surface area (Å²) in [6.07, 6.45) is 0. The van der Waals surface area contributed by atoms with Crippen LogP contribution in [0, 0.1) is 0 Å². The molecule has 0 aliphatic rings. The molecular formula is C11H5Br3Cl2S. The molecule has 1 atom stereocenters. The number of halogens is 5. The van der Waals surface area contributed by atoms with E-state index < -0.39 is 0 Å². The van der Waals surface area contributed by atoms with Crippen LogP contribution in [0.25, 0.3) is 0 Å². The summed E-state index contributed by atoms with van der Waals surface area (Å²) >= 11 is 24.4. The molecule has 1 unspecified atom stereocenters. The van der Waals surface area contributed by atoms with E-state index in [4.69, 9.17) is 23.2 Å². The van der Waals surface area contributed by atoms with Crippen LogP contribution >= 0.6 is 82.3 Å². The molecule has 0 N–H and O–H groups in total. The summed E-state index contributed by atoms with van der Waals surface area (Å²) in [5, 5.41) is 0.490. The molecule has 90 valence electrons. The first kappa shape index (κ1) is 14.4. The Morgan fingerprint density at radius 2 is 1.82 bits per heavy atom. The maximum absolute atomic E-state index is 6.47. The molecule has 17 heavy (non-hydrogen) atoms. The average Bonchev–Trinajstić information content (AvgIpc) is 2.61. The Balaban J connectivity index is 2.40. The molecule has 0 bridgehead atoms. The van der Waals surface area contributed by atoms with Gasteiger partial charge in [0, 0.05) is 10.0 Å². The van der Waals surface area contributed by atoms with Crippen LogP contribution in [0.1, 0.15) is 16.5 Å². The van der Waals surface area contributed by atoms with Crippen LogP contribution in [0.2, 0.25) is 5.02 Å². The first-order valence-corrected chi connectivity index (χ1v) is 8.54. The second kappa shape index (κ2) is 5.93. The lowest BCUT2D eigenvalue weighted by Gasteiger charge is -2.10. The molecule has 2 rings (SSSR count). The molecular weight excluding hydrogens is 475 g/mol. The highest BCUT2D eigenvalue weighted by Gasteiger charge is 2.17. The molecule has 0 saturated heterocycles. The molecule has 1 heterocycles. The number of rotatable bonds is 2. The second-order valence-electron chi connectivity index (χ2n) is 3.32. The summed E-state index contributed by atoms with van der Waals surface area (Å²) in [6, 6.07) is 7.74. The molecule has 0 nitrogen and oxygen atoms in total. The monoisotopic (exact) mass is 476 g/mol. The highest BCUT2D eigenvalue weighted by Crippen LogP contribution is 2.41. The van der Waals surface area contributed by atoms with Crippen LogP contribution in [0.3, 0.4) is 0 Å². The van der Waals surface area contributed by atoms with Gasteiger partial charge in [-0.3, -0.25) is 0 Å². The molecule has 1 aromatic carbocycles. The predicted molar refractivity (Wildman–Crippen MR) is 86.6 cm³/mol. The van der Waals surface area contributed by atoms with Gasteiger partial charge in [0.05, 0.1) is 18.0 Å². The largest absolute Gasteiger partial charge is 0.121 e. The predicted octanol–water partition coefficient (Wildman–Crippen LogP) is 7.02. The minimum Gasteiger partial charge on any atom is -0.121 e. The van der Waals surface area contributed by atoms with E-state index in [-0.39, 0.29) is 5.38 Å². The molecule has 0 spiro atoms. The minimum absolute atomic E-state index is 0.194. The summed E-state index contributed by atoms with van der Waals surface area (Å²) in [5.41, 5.74) is 2.06. The zero-order valence-electron chi connectivity index (χ0n) is 8.18. The Morgan fingerprint density at radius 1 is 1.12 bits per heavy atom. The molecule has 6 heteroatoms. The summed E-state index contributed by atoms with van der Waals surface area (Å²) < 4.78 is 2.95. The second-order valence-corrected chi connectivity index (χ2v) is 8.76. The van der Waals surface area contributed by atoms with Gasteiger partial charge in [0.2, 0.25) is 0 Å². The highest BCUT2D eigenvalue weighted by molar-refractivity contribution is 9.12. The van der Waals surface area contributed by atoms with Crippen molar-refractivity contribution < 1.29 is 0 Å². The lowest BCUT2D eigenvalue weighted by Crippen LogP contribution is -1.92. The van der Waals surface area contributed by atoms with E-state index in [2.05, 4.69) is 47.8 Å². The third kappa shape index (κ3) is 3.28. The van der Waals surface area contributed by atoms with E-state index in [9.17, 15) is 0 Å². The zero-order valence-corrected chi connectivity index (χ0v) is 15.3. The fraction of sp³-hybridized carbons (Fsp3) is 0.0909. The van der Waals surface area contributed by atoms with Crippen molar-refractivity contribution in [3.05, 3.63) is 52.5 Å². The van der Waals surface area contributed by atoms with Crippen LogP contribution in [-0.4, -0.2) is 0 Å². The average molecular weight is 480 g/mol. The topological polar surface area (TPSA) is 0 Å². The zero-order chi connectivity index (χ0) is 12.6. The van der Waals surface area contributed by atoms with Gasteiger partial charge < -0.3 is 0 Å². The number of thiophene rings is 1. The van der Waals surface area contributed by atoms with Crippen molar-refractivity contribution in [3.8, 4) is 0 Å². The van der Waals surface area contributed by atoms with E-state index in [0.29, 0.717) is 5.02 Å². The van der Waals surface area contributed by atoms with E-state index in [0.717, 1.165) is 23.2 Å². The van der Waals surface area contributed by atoms with E-state index in [1.54, 1.807) is 11.3 Å². The van der Waals surface area contributed by atoms with Gasteiger partial charge in [-0.15, -0.1) is 22.9 Å². The van der Waals surface area contributed by atoms with Crippen molar-refractivity contribution in [2.24, 2.45) is 0 Å². The summed E-state index contributed by atoms with van der Waals surface area (Å²) in [4.78, 5) is 0. The number of benzene rings is 1. The molecule has 0 fully saturated rings. The number of alkyl halides is 1. The molecule has 1 aromatic heterocycles. The molecule has 0 saturated carbocycles.